The monoisotopic (exact) mass is 1620 g/mol. The van der Waals surface area contributed by atoms with E-state index in [-0.39, 0.29) is 0 Å². The molecule has 0 heterocycles. The van der Waals surface area contributed by atoms with Crippen LogP contribution < -0.4 is 0 Å². The molecule has 58 fully saturated rings. The van der Waals surface area contributed by atoms with Gasteiger partial charge in [-0.2, -0.15) is 0 Å². The van der Waals surface area contributed by atoms with Crippen molar-refractivity contribution in [2.45, 2.75) is 64.2 Å². The Labute approximate surface area is 733 Å². The predicted molar refractivity (Wildman–Crippen MR) is 444 cm³/mol. The lowest BCUT2D eigenvalue weighted by molar-refractivity contribution is -0.554. The van der Waals surface area contributed by atoms with Crippen molar-refractivity contribution in [1.29, 1.82) is 0 Å². The maximum absolute atomic E-state index is 1.78. The lowest BCUT2D eigenvalue weighted by Gasteiger charge is -3.02. The zero-order chi connectivity index (χ0) is 72.9. The summed E-state index contributed by atoms with van der Waals surface area (Å²) in [6, 6.07) is 0. The Hall–Kier alpha value is 0. The maximum Gasteiger partial charge on any atom is -0.0312 e. The van der Waals surface area contributed by atoms with E-state index < -0.39 is 0 Å². The quantitative estimate of drug-likeness (QED) is 0.246. The highest BCUT2D eigenvalue weighted by Crippen LogP contribution is 3.09. The first-order valence-corrected chi connectivity index (χ1v) is 61.9. The van der Waals surface area contributed by atoms with Gasteiger partial charge in [0, 0.05) is 0 Å². The topological polar surface area (TPSA) is 0 Å². The summed E-state index contributed by atoms with van der Waals surface area (Å²) < 4.78 is 0. The molecule has 114 atom stereocenters. The maximum atomic E-state index is 1.78. The minimum atomic E-state index is 1.21. The highest BCUT2D eigenvalue weighted by Gasteiger charge is 3.06. The fraction of sp³-hybridized carbons (Fsp3) is 1.00. The van der Waals surface area contributed by atoms with Crippen LogP contribution in [0.2, 0.25) is 0 Å². The molecule has 58 aliphatic carbocycles. The summed E-state index contributed by atoms with van der Waals surface area (Å²) in [5.74, 6) is 150. The van der Waals surface area contributed by atoms with E-state index in [1.807, 2.05) is 0 Å². The van der Waals surface area contributed by atoms with Gasteiger partial charge < -0.3 is 0 Å². The van der Waals surface area contributed by atoms with Gasteiger partial charge in [0.25, 0.3) is 0 Å². The van der Waals surface area contributed by atoms with Gasteiger partial charge in [0.15, 0.2) is 0 Å². The molecule has 0 amide bonds. The van der Waals surface area contributed by atoms with Crippen LogP contribution in [-0.4, -0.2) is 0 Å². The van der Waals surface area contributed by atoms with Gasteiger partial charge in [-0.1, -0.05) is 0 Å². The van der Waals surface area contributed by atoms with Gasteiger partial charge in [-0.05, 0) is 739 Å². The molecule has 0 saturated heterocycles. The third-order valence-electron chi connectivity index (χ3n) is 78.9. The van der Waals surface area contributed by atoms with Crippen LogP contribution in [-0.2, 0) is 0 Å². The molecule has 58 rings (SSSR count). The predicted octanol–water partition coefficient (Wildman–Crippen LogP) is 17.9. The van der Waals surface area contributed by atoms with Gasteiger partial charge in [0.2, 0.25) is 0 Å². The van der Waals surface area contributed by atoms with E-state index in [9.17, 15) is 0 Å². The van der Waals surface area contributed by atoms with Crippen molar-refractivity contribution < 1.29 is 0 Å². The van der Waals surface area contributed by atoms with Crippen molar-refractivity contribution in [2.75, 3.05) is 0 Å². The summed E-state index contributed by atoms with van der Waals surface area (Å²) in [4.78, 5) is 0. The van der Waals surface area contributed by atoms with Crippen LogP contribution in [0.5, 0.6) is 0 Å². The van der Waals surface area contributed by atoms with Crippen LogP contribution in [0.3, 0.4) is 0 Å². The highest BCUT2D eigenvalue weighted by molar-refractivity contribution is 5.53. The second-order valence-electron chi connectivity index (χ2n) is 69.7. The summed E-state index contributed by atoms with van der Waals surface area (Å²) in [5.41, 5.74) is 0. The first kappa shape index (κ1) is 57.3. The molecule has 0 bridgehead atoms. The van der Waals surface area contributed by atoms with Gasteiger partial charge in [-0.3, -0.25) is 0 Å². The van der Waals surface area contributed by atoms with Crippen LogP contribution in [0.15, 0.2) is 0 Å². The second-order valence-corrected chi connectivity index (χ2v) is 69.7. The number of fused-ring (bicyclic) bond motifs is 159. The Morgan fingerprint density at radius 2 is 0.169 bits per heavy atom. The molecule has 58 aliphatic rings. The molecule has 630 valence electrons. The average molecular weight is 1620 g/mol. The SMILES string of the molecule is C(CC1CC2C1C1C2C2C1C1C2C2C1C1C2C2C1C1C2C2C1C1C2C2C1C1C2C2C3C4C5C6C7C8C9C%10C%11C%12C%13C%14C%15CCC%15C%14C%13C%12C%11C%10C9C8C7C6C5C4C3C12)C1CC2C1C1C3CC(C4CC5C4C4C5C5C4C4C5C5C4C4C5C5C4C4C5C5C4C4C5C5C4C4C5C5C6C7C8C9C%10C%11C%12C%13C%14C%15C%16C%17C%18CCC%18C%17C%16C%15C%14C%13C%12C%11C%10C9C8C7C6C45)C3C21. The first-order chi connectivity index (χ1) is 61.9. The van der Waals surface area contributed by atoms with Crippen molar-refractivity contribution in [3.8, 4) is 0 Å². The minimum Gasteiger partial charge on any atom is -0.0499 e. The van der Waals surface area contributed by atoms with Crippen molar-refractivity contribution in [1.82, 2.24) is 0 Å². The van der Waals surface area contributed by atoms with E-state index in [0.717, 1.165) is 0 Å². The van der Waals surface area contributed by atoms with Gasteiger partial charge in [0.05, 0.1) is 0 Å². The number of hydrogen-bond acceptors (Lipinski definition) is 0. The highest BCUT2D eigenvalue weighted by atomic mass is 15.1. The molecule has 0 heteroatoms. The third kappa shape index (κ3) is 3.78. The molecule has 0 aromatic rings. The standard InChI is InChI=1S/C124H134/c1(2-12-8-20-24(12)35-33(20)41-43(35)51-49(41)57-59(51)67-65(57)73-75(67)83-81(73)89-91(83)99-97(89)105-107(99)115-113(105)121-117-109-101-93-85-77-69-61-53-45-37-27-13-3-5-15(13)29(27)39(37)47(45)55(53)63(61)71(69)79(77)87(85)95(93)103(101)111(109)119(117)123(115)121)11-7-19-23(11)31-21-9-17(25(21)32(19)31)18-10-22-26(18)36-34(22)42-44(36)52-50(42)58-60(52)68-66(58)74-76(68)84-82(74)90-92(84)100-98(90)106-108(100)116-114(106)122-118-110-102-94-86-78-70-62-54-46-38-28-14-4-6-16(14)30(28)40(38)48(46)56(54)64(62)72(70)80(78)88(86)96(94)104(102)112(110)120(118)124(116)122/h11-124H,1-10H2. The van der Waals surface area contributed by atoms with E-state index in [4.69, 9.17) is 0 Å². The van der Waals surface area contributed by atoms with Gasteiger partial charge in [0.1, 0.15) is 0 Å². The minimum absolute atomic E-state index is 1.21. The summed E-state index contributed by atoms with van der Waals surface area (Å²) in [6.07, 6.45) is 17.2. The molecule has 124 heavy (non-hydrogen) atoms. The smallest absolute Gasteiger partial charge is 0.0312 e. The van der Waals surface area contributed by atoms with Gasteiger partial charge in [-0.25, -0.2) is 0 Å². The molecule has 0 aliphatic heterocycles. The molecule has 0 aromatic heterocycles. The van der Waals surface area contributed by atoms with Crippen LogP contribution in [0.25, 0.3) is 0 Å². The molecule has 58 saturated carbocycles. The van der Waals surface area contributed by atoms with E-state index in [1.165, 1.54) is 675 Å². The molecule has 0 N–H and O–H groups in total. The van der Waals surface area contributed by atoms with E-state index in [1.54, 1.807) is 64.2 Å². The lowest BCUT2D eigenvalue weighted by atomic mass is 9.02. The zero-order valence-electron chi connectivity index (χ0n) is 72.9. The van der Waals surface area contributed by atoms with Crippen LogP contribution in [0.1, 0.15) is 64.2 Å². The third-order valence-corrected chi connectivity index (χ3v) is 78.9. The van der Waals surface area contributed by atoms with E-state index >= 15 is 0 Å². The van der Waals surface area contributed by atoms with Gasteiger partial charge >= 0.3 is 0 Å². The largest absolute Gasteiger partial charge is 0.0499 e. The Morgan fingerprint density at radius 1 is 0.0726 bits per heavy atom. The lowest BCUT2D eigenvalue weighted by Crippen LogP contribution is -2.99. The second kappa shape index (κ2) is 14.8. The Morgan fingerprint density at radius 3 is 0.331 bits per heavy atom. The summed E-state index contributed by atoms with van der Waals surface area (Å²) in [7, 11) is 0. The van der Waals surface area contributed by atoms with Crippen LogP contribution in [0.4, 0.5) is 0 Å². The van der Waals surface area contributed by atoms with Crippen LogP contribution in [0, 0.1) is 675 Å². The van der Waals surface area contributed by atoms with E-state index in [0.29, 0.717) is 0 Å². The summed E-state index contributed by atoms with van der Waals surface area (Å²) in [6.45, 7) is 0. The van der Waals surface area contributed by atoms with Crippen molar-refractivity contribution in [3.05, 3.63) is 0 Å². The summed E-state index contributed by atoms with van der Waals surface area (Å²) in [5, 5.41) is 0. The fourth-order valence-electron chi connectivity index (χ4n) is 80.5. The molecule has 0 aromatic carbocycles. The van der Waals surface area contributed by atoms with Crippen molar-refractivity contribution in [3.63, 3.8) is 0 Å². The van der Waals surface area contributed by atoms with Crippen molar-refractivity contribution in [2.24, 2.45) is 675 Å². The Kier molecular flexibility index (Phi) is 6.82. The Bertz CT molecular complexity index is 5940. The molecule has 0 nitrogen and oxygen atoms in total. The normalized spacial score (nSPS) is 101. The number of hydrogen-bond donors (Lipinski definition) is 0. The molecule has 0 radical (unpaired) electrons. The molecular weight excluding hydrogens is 1490 g/mol. The number of rotatable bonds is 4. The van der Waals surface area contributed by atoms with Crippen molar-refractivity contribution >= 4 is 0 Å². The Balaban J connectivity index is 0.208. The first-order valence-electron chi connectivity index (χ1n) is 61.9. The average Bonchev–Trinajstić information content (AvgIpc) is 0.582. The fourth-order valence-corrected chi connectivity index (χ4v) is 80.5. The zero-order valence-corrected chi connectivity index (χ0v) is 72.9. The molecule has 0 spiro atoms. The summed E-state index contributed by atoms with van der Waals surface area (Å²) >= 11 is 0. The molecule has 114 unspecified atom stereocenters. The van der Waals surface area contributed by atoms with Gasteiger partial charge in [-0.15, -0.1) is 0 Å². The van der Waals surface area contributed by atoms with Crippen LogP contribution >= 0.6 is 0 Å². The molecular formula is C124H134. The van der Waals surface area contributed by atoms with E-state index in [2.05, 4.69) is 0 Å².